The van der Waals surface area contributed by atoms with Gasteiger partial charge in [-0.15, -0.1) is 0 Å². The van der Waals surface area contributed by atoms with Gasteiger partial charge in [-0.05, 0) is 56.3 Å². The van der Waals surface area contributed by atoms with Crippen LogP contribution in [-0.4, -0.2) is 25.0 Å². The summed E-state index contributed by atoms with van der Waals surface area (Å²) >= 11 is 0. The quantitative estimate of drug-likeness (QED) is 0.877. The molecule has 0 bridgehead atoms. The monoisotopic (exact) mass is 274 g/mol. The zero-order valence-corrected chi connectivity index (χ0v) is 13.7. The topological polar surface area (TPSA) is 15.3 Å². The van der Waals surface area contributed by atoms with E-state index in [0.717, 1.165) is 12.5 Å². The van der Waals surface area contributed by atoms with Crippen LogP contribution in [0.1, 0.15) is 45.6 Å². The van der Waals surface area contributed by atoms with E-state index in [0.29, 0.717) is 11.5 Å². The third kappa shape index (κ3) is 3.99. The van der Waals surface area contributed by atoms with E-state index in [1.165, 1.54) is 30.5 Å². The lowest BCUT2D eigenvalue weighted by molar-refractivity contribution is 0.177. The summed E-state index contributed by atoms with van der Waals surface area (Å²) in [5, 5.41) is 3.82. The minimum absolute atomic E-state index is 0.515. The predicted molar refractivity (Wildman–Crippen MR) is 88.0 cm³/mol. The van der Waals surface area contributed by atoms with Gasteiger partial charge in [-0.25, -0.2) is 0 Å². The molecular formula is C18H30N2. The highest BCUT2D eigenvalue weighted by Gasteiger charge is 2.32. The van der Waals surface area contributed by atoms with Crippen LogP contribution < -0.4 is 5.32 Å². The van der Waals surface area contributed by atoms with E-state index in [1.807, 2.05) is 0 Å². The zero-order chi connectivity index (χ0) is 14.8. The highest BCUT2D eigenvalue weighted by atomic mass is 15.1. The van der Waals surface area contributed by atoms with Crippen LogP contribution in [0.2, 0.25) is 0 Å². The molecule has 1 aromatic carbocycles. The molecule has 1 N–H and O–H groups in total. The van der Waals surface area contributed by atoms with Crippen molar-refractivity contribution in [3.63, 3.8) is 0 Å². The van der Waals surface area contributed by atoms with Crippen LogP contribution in [0.3, 0.4) is 0 Å². The first-order chi connectivity index (χ1) is 9.37. The largest absolute Gasteiger partial charge is 0.382 e. The van der Waals surface area contributed by atoms with E-state index in [2.05, 4.69) is 69.3 Å². The van der Waals surface area contributed by atoms with Crippen molar-refractivity contribution in [3.8, 4) is 0 Å². The van der Waals surface area contributed by atoms with Crippen LogP contribution in [0.15, 0.2) is 24.3 Å². The van der Waals surface area contributed by atoms with Crippen molar-refractivity contribution >= 4 is 5.69 Å². The average molecular weight is 274 g/mol. The molecule has 1 aliphatic rings. The van der Waals surface area contributed by atoms with Crippen molar-refractivity contribution in [1.29, 1.82) is 0 Å². The normalized spacial score (nSPS) is 25.7. The molecule has 112 valence electrons. The standard InChI is InChI=1S/C18H30N2/c1-14-12-18(2,3)11-10-16(14)19-17-9-7-6-8-15(17)13-20(4)5/h6-9,14,16,19H,10-13H2,1-5H3. The van der Waals surface area contributed by atoms with Gasteiger partial charge < -0.3 is 10.2 Å². The van der Waals surface area contributed by atoms with Crippen LogP contribution in [0, 0.1) is 11.3 Å². The van der Waals surface area contributed by atoms with E-state index in [9.17, 15) is 0 Å². The fourth-order valence-corrected chi connectivity index (χ4v) is 3.50. The summed E-state index contributed by atoms with van der Waals surface area (Å²) in [6.07, 6.45) is 3.93. The van der Waals surface area contributed by atoms with Crippen LogP contribution in [0.25, 0.3) is 0 Å². The molecule has 0 aliphatic heterocycles. The lowest BCUT2D eigenvalue weighted by Gasteiger charge is -2.40. The lowest BCUT2D eigenvalue weighted by atomic mass is 9.70. The van der Waals surface area contributed by atoms with Gasteiger partial charge in [-0.2, -0.15) is 0 Å². The molecule has 1 aliphatic carbocycles. The summed E-state index contributed by atoms with van der Waals surface area (Å²) in [5.41, 5.74) is 3.23. The molecule has 1 saturated carbocycles. The molecular weight excluding hydrogens is 244 g/mol. The van der Waals surface area contributed by atoms with Crippen molar-refractivity contribution in [1.82, 2.24) is 4.90 Å². The molecule has 0 amide bonds. The molecule has 0 spiro atoms. The SMILES string of the molecule is CC1CC(C)(C)CCC1Nc1ccccc1CN(C)C. The van der Waals surface area contributed by atoms with Crippen molar-refractivity contribution in [3.05, 3.63) is 29.8 Å². The Morgan fingerprint density at radius 3 is 2.60 bits per heavy atom. The summed E-state index contributed by atoms with van der Waals surface area (Å²) in [6.45, 7) is 8.20. The molecule has 0 radical (unpaired) electrons. The van der Waals surface area contributed by atoms with Gasteiger partial charge in [0.25, 0.3) is 0 Å². The number of benzene rings is 1. The number of nitrogens with zero attached hydrogens (tertiary/aromatic N) is 1. The number of para-hydroxylation sites is 1. The maximum atomic E-state index is 3.82. The van der Waals surface area contributed by atoms with Gasteiger partial charge in [-0.1, -0.05) is 39.0 Å². The maximum Gasteiger partial charge on any atom is 0.0388 e. The summed E-state index contributed by atoms with van der Waals surface area (Å²) in [5.74, 6) is 0.742. The van der Waals surface area contributed by atoms with E-state index in [1.54, 1.807) is 0 Å². The summed E-state index contributed by atoms with van der Waals surface area (Å²) < 4.78 is 0. The van der Waals surface area contributed by atoms with Gasteiger partial charge in [-0.3, -0.25) is 0 Å². The second-order valence-electron chi connectivity index (χ2n) is 7.53. The number of anilines is 1. The Morgan fingerprint density at radius 2 is 1.95 bits per heavy atom. The van der Waals surface area contributed by atoms with E-state index in [-0.39, 0.29) is 0 Å². The number of rotatable bonds is 4. The minimum atomic E-state index is 0.515. The van der Waals surface area contributed by atoms with Gasteiger partial charge in [0, 0.05) is 18.3 Å². The molecule has 1 fully saturated rings. The molecule has 2 nitrogen and oxygen atoms in total. The summed E-state index contributed by atoms with van der Waals surface area (Å²) in [6, 6.07) is 9.35. The first-order valence-corrected chi connectivity index (χ1v) is 7.86. The Bertz CT molecular complexity index is 437. The van der Waals surface area contributed by atoms with Crippen LogP contribution in [-0.2, 0) is 6.54 Å². The number of hydrogen-bond donors (Lipinski definition) is 1. The molecule has 20 heavy (non-hydrogen) atoms. The molecule has 0 saturated heterocycles. The molecule has 1 aromatic rings. The van der Waals surface area contributed by atoms with E-state index in [4.69, 9.17) is 0 Å². The Morgan fingerprint density at radius 1 is 1.25 bits per heavy atom. The van der Waals surface area contributed by atoms with Crippen molar-refractivity contribution in [2.45, 2.75) is 52.6 Å². The molecule has 2 atom stereocenters. The summed E-state index contributed by atoms with van der Waals surface area (Å²) in [7, 11) is 4.26. The van der Waals surface area contributed by atoms with Gasteiger partial charge in [0.15, 0.2) is 0 Å². The Labute approximate surface area is 124 Å². The van der Waals surface area contributed by atoms with E-state index < -0.39 is 0 Å². The zero-order valence-electron chi connectivity index (χ0n) is 13.7. The number of nitrogens with one attached hydrogen (secondary N) is 1. The highest BCUT2D eigenvalue weighted by molar-refractivity contribution is 5.52. The molecule has 2 unspecified atom stereocenters. The fourth-order valence-electron chi connectivity index (χ4n) is 3.50. The first kappa shape index (κ1) is 15.4. The van der Waals surface area contributed by atoms with Crippen molar-refractivity contribution < 1.29 is 0 Å². The first-order valence-electron chi connectivity index (χ1n) is 7.86. The van der Waals surface area contributed by atoms with Gasteiger partial charge in [0.05, 0.1) is 0 Å². The molecule has 0 heterocycles. The second kappa shape index (κ2) is 6.17. The smallest absolute Gasteiger partial charge is 0.0388 e. The Kier molecular flexibility index (Phi) is 4.74. The second-order valence-corrected chi connectivity index (χ2v) is 7.53. The Hall–Kier alpha value is -1.02. The maximum absolute atomic E-state index is 3.82. The highest BCUT2D eigenvalue weighted by Crippen LogP contribution is 2.39. The third-order valence-corrected chi connectivity index (χ3v) is 4.54. The van der Waals surface area contributed by atoms with Crippen LogP contribution in [0.4, 0.5) is 5.69 Å². The predicted octanol–water partition coefficient (Wildman–Crippen LogP) is 4.37. The van der Waals surface area contributed by atoms with Gasteiger partial charge in [0.2, 0.25) is 0 Å². The minimum Gasteiger partial charge on any atom is -0.382 e. The third-order valence-electron chi connectivity index (χ3n) is 4.54. The lowest BCUT2D eigenvalue weighted by Crippen LogP contribution is -2.37. The molecule has 2 heteroatoms. The Balaban J connectivity index is 2.07. The average Bonchev–Trinajstić information content (AvgIpc) is 2.33. The van der Waals surface area contributed by atoms with Gasteiger partial charge in [0.1, 0.15) is 0 Å². The fraction of sp³-hybridized carbons (Fsp3) is 0.667. The van der Waals surface area contributed by atoms with Crippen molar-refractivity contribution in [2.75, 3.05) is 19.4 Å². The summed E-state index contributed by atoms with van der Waals surface area (Å²) in [4.78, 5) is 2.23. The molecule has 2 rings (SSSR count). The van der Waals surface area contributed by atoms with Gasteiger partial charge >= 0.3 is 0 Å². The van der Waals surface area contributed by atoms with E-state index >= 15 is 0 Å². The van der Waals surface area contributed by atoms with Crippen molar-refractivity contribution in [2.24, 2.45) is 11.3 Å². The molecule has 0 aromatic heterocycles. The number of hydrogen-bond acceptors (Lipinski definition) is 2. The van der Waals surface area contributed by atoms with Crippen LogP contribution >= 0.6 is 0 Å². The van der Waals surface area contributed by atoms with Crippen LogP contribution in [0.5, 0.6) is 0 Å².